The third-order valence-corrected chi connectivity index (χ3v) is 5.91. The zero-order chi connectivity index (χ0) is 14.8. The van der Waals surface area contributed by atoms with Gasteiger partial charge in [-0.2, -0.15) is 4.31 Å². The van der Waals surface area contributed by atoms with Crippen LogP contribution in [0.2, 0.25) is 4.34 Å². The molecule has 1 aromatic heterocycles. The minimum absolute atomic E-state index is 0.264. The van der Waals surface area contributed by atoms with E-state index in [2.05, 4.69) is 0 Å². The summed E-state index contributed by atoms with van der Waals surface area (Å²) in [5, 5.41) is 0. The van der Waals surface area contributed by atoms with Crippen LogP contribution in [-0.2, 0) is 23.1 Å². The van der Waals surface area contributed by atoms with Crippen LogP contribution in [0, 0.1) is 0 Å². The maximum atomic E-state index is 12.4. The molecular weight excluding hydrogens is 316 g/mol. The topological polar surface area (TPSA) is 63.4 Å². The number of rotatable bonds is 5. The van der Waals surface area contributed by atoms with Crippen molar-refractivity contribution in [3.8, 4) is 0 Å². The molecule has 2 aromatic rings. The molecule has 7 heteroatoms. The lowest BCUT2D eigenvalue weighted by molar-refractivity contribution is 0.469. The molecule has 0 spiro atoms. The molecule has 0 fully saturated rings. The molecule has 0 aliphatic rings. The Balaban J connectivity index is 2.19. The zero-order valence-electron chi connectivity index (χ0n) is 10.9. The summed E-state index contributed by atoms with van der Waals surface area (Å²) in [5.41, 5.74) is 6.40. The fourth-order valence-corrected chi connectivity index (χ4v) is 4.09. The molecule has 2 rings (SSSR count). The minimum atomic E-state index is -3.50. The highest BCUT2D eigenvalue weighted by Gasteiger charge is 2.21. The van der Waals surface area contributed by atoms with Gasteiger partial charge in [-0.05, 0) is 29.8 Å². The standard InChI is InChI=1S/C13H15ClN2O2S2/c1-16(9-11-4-7-13(14)19-11)20(17,18)12-5-2-10(8-15)3-6-12/h2-7H,8-9,15H2,1H3. The van der Waals surface area contributed by atoms with Crippen molar-refractivity contribution in [1.82, 2.24) is 4.31 Å². The van der Waals surface area contributed by atoms with Crippen LogP contribution in [0.4, 0.5) is 0 Å². The highest BCUT2D eigenvalue weighted by molar-refractivity contribution is 7.89. The molecule has 4 nitrogen and oxygen atoms in total. The molecule has 0 aliphatic carbocycles. The first kappa shape index (κ1) is 15.5. The van der Waals surface area contributed by atoms with Crippen LogP contribution in [-0.4, -0.2) is 19.8 Å². The maximum absolute atomic E-state index is 12.4. The second-order valence-electron chi connectivity index (χ2n) is 4.31. The van der Waals surface area contributed by atoms with E-state index in [1.54, 1.807) is 37.4 Å². The normalized spacial score (nSPS) is 12.0. The largest absolute Gasteiger partial charge is 0.326 e. The molecule has 1 aromatic carbocycles. The molecule has 0 radical (unpaired) electrons. The Bertz CT molecular complexity index is 681. The summed E-state index contributed by atoms with van der Waals surface area (Å²) in [4.78, 5) is 1.17. The molecule has 0 atom stereocenters. The second kappa shape index (κ2) is 6.24. The van der Waals surface area contributed by atoms with Crippen molar-refractivity contribution in [3.05, 3.63) is 51.2 Å². The SMILES string of the molecule is CN(Cc1ccc(Cl)s1)S(=O)(=O)c1ccc(CN)cc1. The summed E-state index contributed by atoms with van der Waals surface area (Å²) in [6.45, 7) is 0.697. The Kier molecular flexibility index (Phi) is 4.82. The molecule has 0 saturated heterocycles. The molecular formula is C13H15ClN2O2S2. The average molecular weight is 331 g/mol. The summed E-state index contributed by atoms with van der Waals surface area (Å²) in [6, 6.07) is 10.2. The van der Waals surface area contributed by atoms with Gasteiger partial charge >= 0.3 is 0 Å². The number of hydrogen-bond donors (Lipinski definition) is 1. The van der Waals surface area contributed by atoms with Gasteiger partial charge in [0, 0.05) is 25.0 Å². The van der Waals surface area contributed by atoms with Crippen LogP contribution in [0.25, 0.3) is 0 Å². The summed E-state index contributed by atoms with van der Waals surface area (Å²) in [5.74, 6) is 0. The van der Waals surface area contributed by atoms with Crippen LogP contribution in [0.3, 0.4) is 0 Å². The minimum Gasteiger partial charge on any atom is -0.326 e. The lowest BCUT2D eigenvalue weighted by Gasteiger charge is -2.16. The quantitative estimate of drug-likeness (QED) is 0.916. The van der Waals surface area contributed by atoms with E-state index < -0.39 is 10.0 Å². The van der Waals surface area contributed by atoms with Crippen molar-refractivity contribution in [2.24, 2.45) is 5.73 Å². The van der Waals surface area contributed by atoms with Crippen molar-refractivity contribution in [2.75, 3.05) is 7.05 Å². The van der Waals surface area contributed by atoms with Gasteiger partial charge in [0.2, 0.25) is 10.0 Å². The predicted molar refractivity (Wildman–Crippen MR) is 82.3 cm³/mol. The highest BCUT2D eigenvalue weighted by atomic mass is 35.5. The van der Waals surface area contributed by atoms with E-state index in [1.807, 2.05) is 6.07 Å². The van der Waals surface area contributed by atoms with Crippen LogP contribution in [0.15, 0.2) is 41.3 Å². The average Bonchev–Trinajstić information content (AvgIpc) is 2.84. The molecule has 0 aliphatic heterocycles. The van der Waals surface area contributed by atoms with Gasteiger partial charge in [-0.3, -0.25) is 0 Å². The Morgan fingerprint density at radius 1 is 1.20 bits per heavy atom. The molecule has 108 valence electrons. The second-order valence-corrected chi connectivity index (χ2v) is 8.16. The molecule has 0 saturated carbocycles. The van der Waals surface area contributed by atoms with Crippen molar-refractivity contribution >= 4 is 33.0 Å². The Labute approximate surface area is 127 Å². The van der Waals surface area contributed by atoms with Crippen LogP contribution < -0.4 is 5.73 Å². The molecule has 0 bridgehead atoms. The molecule has 1 heterocycles. The van der Waals surface area contributed by atoms with E-state index in [1.165, 1.54) is 15.6 Å². The third kappa shape index (κ3) is 3.39. The van der Waals surface area contributed by atoms with E-state index >= 15 is 0 Å². The number of hydrogen-bond acceptors (Lipinski definition) is 4. The van der Waals surface area contributed by atoms with Crippen molar-refractivity contribution in [1.29, 1.82) is 0 Å². The van der Waals surface area contributed by atoms with Gasteiger partial charge in [-0.25, -0.2) is 8.42 Å². The number of halogens is 1. The van der Waals surface area contributed by atoms with E-state index in [-0.39, 0.29) is 4.90 Å². The van der Waals surface area contributed by atoms with E-state index in [9.17, 15) is 8.42 Å². The lowest BCUT2D eigenvalue weighted by atomic mass is 10.2. The van der Waals surface area contributed by atoms with Gasteiger partial charge in [0.25, 0.3) is 0 Å². The summed E-state index contributed by atoms with van der Waals surface area (Å²) in [6.07, 6.45) is 0. The summed E-state index contributed by atoms with van der Waals surface area (Å²) < 4.78 is 26.8. The number of nitrogens with two attached hydrogens (primary N) is 1. The predicted octanol–water partition coefficient (Wildman–Crippen LogP) is 2.68. The first-order valence-corrected chi connectivity index (χ1v) is 8.56. The molecule has 0 unspecified atom stereocenters. The number of sulfonamides is 1. The monoisotopic (exact) mass is 330 g/mol. The molecule has 20 heavy (non-hydrogen) atoms. The van der Waals surface area contributed by atoms with Crippen molar-refractivity contribution in [3.63, 3.8) is 0 Å². The highest BCUT2D eigenvalue weighted by Crippen LogP contribution is 2.24. The Hall–Kier alpha value is -0.920. The van der Waals surface area contributed by atoms with E-state index in [0.717, 1.165) is 10.4 Å². The zero-order valence-corrected chi connectivity index (χ0v) is 13.3. The van der Waals surface area contributed by atoms with Crippen molar-refractivity contribution in [2.45, 2.75) is 18.0 Å². The number of thiophene rings is 1. The fraction of sp³-hybridized carbons (Fsp3) is 0.231. The molecule has 2 N–H and O–H groups in total. The van der Waals surface area contributed by atoms with Crippen LogP contribution in [0.5, 0.6) is 0 Å². The third-order valence-electron chi connectivity index (χ3n) is 2.87. The van der Waals surface area contributed by atoms with Crippen LogP contribution >= 0.6 is 22.9 Å². The maximum Gasteiger partial charge on any atom is 0.243 e. The smallest absolute Gasteiger partial charge is 0.243 e. The number of benzene rings is 1. The summed E-state index contributed by atoms with van der Waals surface area (Å²) >= 11 is 7.22. The molecule has 0 amide bonds. The first-order chi connectivity index (χ1) is 9.43. The van der Waals surface area contributed by atoms with Gasteiger partial charge in [0.05, 0.1) is 9.23 Å². The lowest BCUT2D eigenvalue weighted by Crippen LogP contribution is -2.26. The van der Waals surface area contributed by atoms with Gasteiger partial charge < -0.3 is 5.73 Å². The van der Waals surface area contributed by atoms with Gasteiger partial charge in [0.1, 0.15) is 0 Å². The fourth-order valence-electron chi connectivity index (χ4n) is 1.72. The van der Waals surface area contributed by atoms with Gasteiger partial charge in [0.15, 0.2) is 0 Å². The van der Waals surface area contributed by atoms with Crippen molar-refractivity contribution < 1.29 is 8.42 Å². The van der Waals surface area contributed by atoms with E-state index in [0.29, 0.717) is 17.4 Å². The van der Waals surface area contributed by atoms with Gasteiger partial charge in [-0.1, -0.05) is 23.7 Å². The van der Waals surface area contributed by atoms with E-state index in [4.69, 9.17) is 17.3 Å². The first-order valence-electron chi connectivity index (χ1n) is 5.93. The number of nitrogens with zero attached hydrogens (tertiary/aromatic N) is 1. The Morgan fingerprint density at radius 2 is 1.85 bits per heavy atom. The Morgan fingerprint density at radius 3 is 2.35 bits per heavy atom. The van der Waals surface area contributed by atoms with Gasteiger partial charge in [-0.15, -0.1) is 11.3 Å². The van der Waals surface area contributed by atoms with Crippen LogP contribution in [0.1, 0.15) is 10.4 Å². The summed E-state index contributed by atoms with van der Waals surface area (Å²) in [7, 11) is -1.94.